The average Bonchev–Trinajstić information content (AvgIpc) is 3.11. The highest BCUT2D eigenvalue weighted by atomic mass is 79.9. The van der Waals surface area contributed by atoms with E-state index in [-0.39, 0.29) is 6.03 Å². The normalized spacial score (nSPS) is 16.1. The predicted octanol–water partition coefficient (Wildman–Crippen LogP) is 4.31. The van der Waals surface area contributed by atoms with Crippen molar-refractivity contribution in [3.05, 3.63) is 70.2 Å². The van der Waals surface area contributed by atoms with Crippen LogP contribution in [0.25, 0.3) is 5.57 Å². The van der Waals surface area contributed by atoms with Crippen molar-refractivity contribution in [2.75, 3.05) is 37.6 Å². The summed E-state index contributed by atoms with van der Waals surface area (Å²) in [5.74, 6) is 0. The lowest BCUT2D eigenvalue weighted by atomic mass is 10.00. The van der Waals surface area contributed by atoms with E-state index >= 15 is 0 Å². The Labute approximate surface area is 169 Å². The van der Waals surface area contributed by atoms with Gasteiger partial charge in [0, 0.05) is 42.9 Å². The summed E-state index contributed by atoms with van der Waals surface area (Å²) in [5, 5.41) is 3.08. The molecule has 2 aromatic rings. The SMILES string of the molecule is O=C(NCCN1CCc2ccccc21)N1CC=C(c2cccc(Br)c2)CC1. The molecule has 2 amide bonds. The number of carbonyl (C=O) groups is 1. The molecule has 0 aliphatic carbocycles. The molecule has 0 saturated carbocycles. The van der Waals surface area contributed by atoms with Crippen molar-refractivity contribution in [3.8, 4) is 0 Å². The van der Waals surface area contributed by atoms with Gasteiger partial charge in [-0.2, -0.15) is 0 Å². The van der Waals surface area contributed by atoms with Crippen LogP contribution in [-0.2, 0) is 6.42 Å². The number of rotatable bonds is 4. The van der Waals surface area contributed by atoms with Crippen LogP contribution < -0.4 is 10.2 Å². The number of para-hydroxylation sites is 1. The molecular weight excluding hydrogens is 402 g/mol. The van der Waals surface area contributed by atoms with Gasteiger partial charge in [0.1, 0.15) is 0 Å². The molecule has 140 valence electrons. The van der Waals surface area contributed by atoms with E-state index in [0.29, 0.717) is 13.1 Å². The fourth-order valence-electron chi connectivity index (χ4n) is 3.85. The Hall–Kier alpha value is -2.27. The van der Waals surface area contributed by atoms with Gasteiger partial charge in [0.2, 0.25) is 0 Å². The van der Waals surface area contributed by atoms with Crippen LogP contribution in [0.15, 0.2) is 59.1 Å². The standard InChI is InChI=1S/C22H24BrN3O/c23-20-6-3-5-19(16-20)17-8-13-26(14-9-17)22(27)24-11-15-25-12-10-18-4-1-2-7-21(18)25/h1-8,16H,9-15H2,(H,24,27). The van der Waals surface area contributed by atoms with Gasteiger partial charge in [-0.15, -0.1) is 0 Å². The molecule has 0 bridgehead atoms. The molecule has 1 N–H and O–H groups in total. The number of benzene rings is 2. The zero-order chi connectivity index (χ0) is 18.6. The van der Waals surface area contributed by atoms with Crippen LogP contribution in [-0.4, -0.2) is 43.7 Å². The van der Waals surface area contributed by atoms with Crippen molar-refractivity contribution in [2.24, 2.45) is 0 Å². The van der Waals surface area contributed by atoms with Gasteiger partial charge < -0.3 is 15.1 Å². The van der Waals surface area contributed by atoms with E-state index in [1.807, 2.05) is 11.0 Å². The Morgan fingerprint density at radius 3 is 2.78 bits per heavy atom. The second kappa shape index (κ2) is 8.17. The number of nitrogens with zero attached hydrogens (tertiary/aromatic N) is 2. The summed E-state index contributed by atoms with van der Waals surface area (Å²) in [6.07, 6.45) is 4.16. The number of anilines is 1. The van der Waals surface area contributed by atoms with Crippen LogP contribution in [0, 0.1) is 0 Å². The van der Waals surface area contributed by atoms with Crippen molar-refractivity contribution in [1.29, 1.82) is 0 Å². The van der Waals surface area contributed by atoms with Crippen LogP contribution in [0.3, 0.4) is 0 Å². The fraction of sp³-hybridized carbons (Fsp3) is 0.318. The van der Waals surface area contributed by atoms with Gasteiger partial charge >= 0.3 is 6.03 Å². The van der Waals surface area contributed by atoms with Gasteiger partial charge in [0.05, 0.1) is 0 Å². The average molecular weight is 426 g/mol. The first-order chi connectivity index (χ1) is 13.2. The first kappa shape index (κ1) is 18.1. The number of hydrogen-bond acceptors (Lipinski definition) is 2. The molecule has 2 heterocycles. The molecule has 0 fully saturated rings. The Kier molecular flexibility index (Phi) is 5.48. The summed E-state index contributed by atoms with van der Waals surface area (Å²) in [6, 6.07) is 16.9. The maximum atomic E-state index is 12.5. The third-order valence-electron chi connectivity index (χ3n) is 5.33. The molecule has 2 aliphatic rings. The molecule has 4 nitrogen and oxygen atoms in total. The zero-order valence-electron chi connectivity index (χ0n) is 15.3. The topological polar surface area (TPSA) is 35.6 Å². The maximum absolute atomic E-state index is 12.5. The van der Waals surface area contributed by atoms with Crippen LogP contribution >= 0.6 is 15.9 Å². The number of fused-ring (bicyclic) bond motifs is 1. The fourth-order valence-corrected chi connectivity index (χ4v) is 4.25. The van der Waals surface area contributed by atoms with Crippen LogP contribution in [0.2, 0.25) is 0 Å². The number of hydrogen-bond donors (Lipinski definition) is 1. The highest BCUT2D eigenvalue weighted by Crippen LogP contribution is 2.27. The van der Waals surface area contributed by atoms with Gasteiger partial charge in [-0.05, 0) is 47.7 Å². The molecule has 27 heavy (non-hydrogen) atoms. The Bertz CT molecular complexity index is 864. The molecular formula is C22H24BrN3O. The third kappa shape index (κ3) is 4.19. The summed E-state index contributed by atoms with van der Waals surface area (Å²) in [7, 11) is 0. The Balaban J connectivity index is 1.27. The smallest absolute Gasteiger partial charge is 0.317 e. The van der Waals surface area contributed by atoms with E-state index in [1.54, 1.807) is 0 Å². The van der Waals surface area contributed by atoms with E-state index in [1.165, 1.54) is 22.4 Å². The van der Waals surface area contributed by atoms with Gasteiger partial charge in [0.25, 0.3) is 0 Å². The summed E-state index contributed by atoms with van der Waals surface area (Å²) in [4.78, 5) is 16.7. The summed E-state index contributed by atoms with van der Waals surface area (Å²) in [6.45, 7) is 4.00. The Morgan fingerprint density at radius 1 is 1.07 bits per heavy atom. The molecule has 5 heteroatoms. The van der Waals surface area contributed by atoms with Gasteiger partial charge in [-0.3, -0.25) is 0 Å². The van der Waals surface area contributed by atoms with E-state index in [9.17, 15) is 4.79 Å². The molecule has 0 spiro atoms. The molecule has 0 atom stereocenters. The van der Waals surface area contributed by atoms with Gasteiger partial charge in [-0.1, -0.05) is 52.3 Å². The molecule has 0 aromatic heterocycles. The number of nitrogens with one attached hydrogen (secondary N) is 1. The van der Waals surface area contributed by atoms with E-state index < -0.39 is 0 Å². The molecule has 0 unspecified atom stereocenters. The lowest BCUT2D eigenvalue weighted by molar-refractivity contribution is 0.203. The zero-order valence-corrected chi connectivity index (χ0v) is 16.9. The van der Waals surface area contributed by atoms with Crippen molar-refractivity contribution in [3.63, 3.8) is 0 Å². The minimum absolute atomic E-state index is 0.0343. The largest absolute Gasteiger partial charge is 0.369 e. The van der Waals surface area contributed by atoms with Crippen molar-refractivity contribution in [2.45, 2.75) is 12.8 Å². The van der Waals surface area contributed by atoms with Crippen molar-refractivity contribution < 1.29 is 4.79 Å². The first-order valence-corrected chi connectivity index (χ1v) is 10.3. The highest BCUT2D eigenvalue weighted by molar-refractivity contribution is 9.10. The second-order valence-corrected chi connectivity index (χ2v) is 7.95. The first-order valence-electron chi connectivity index (χ1n) is 9.51. The van der Waals surface area contributed by atoms with Crippen LogP contribution in [0.1, 0.15) is 17.5 Å². The minimum Gasteiger partial charge on any atom is -0.369 e. The lowest BCUT2D eigenvalue weighted by Gasteiger charge is -2.27. The van der Waals surface area contributed by atoms with E-state index in [2.05, 4.69) is 74.7 Å². The molecule has 4 rings (SSSR count). The molecule has 2 aliphatic heterocycles. The summed E-state index contributed by atoms with van der Waals surface area (Å²) < 4.78 is 1.09. The van der Waals surface area contributed by atoms with E-state index in [4.69, 9.17) is 0 Å². The summed E-state index contributed by atoms with van der Waals surface area (Å²) >= 11 is 3.52. The predicted molar refractivity (Wildman–Crippen MR) is 114 cm³/mol. The highest BCUT2D eigenvalue weighted by Gasteiger charge is 2.20. The maximum Gasteiger partial charge on any atom is 0.317 e. The second-order valence-electron chi connectivity index (χ2n) is 7.03. The lowest BCUT2D eigenvalue weighted by Crippen LogP contribution is -2.44. The van der Waals surface area contributed by atoms with Gasteiger partial charge in [0.15, 0.2) is 0 Å². The number of amides is 2. The molecule has 0 radical (unpaired) electrons. The van der Waals surface area contributed by atoms with Crippen LogP contribution in [0.5, 0.6) is 0 Å². The quantitative estimate of drug-likeness (QED) is 0.791. The van der Waals surface area contributed by atoms with Crippen molar-refractivity contribution >= 4 is 33.2 Å². The van der Waals surface area contributed by atoms with Crippen LogP contribution in [0.4, 0.5) is 10.5 Å². The summed E-state index contributed by atoms with van der Waals surface area (Å²) in [5.41, 5.74) is 5.27. The van der Waals surface area contributed by atoms with Crippen molar-refractivity contribution in [1.82, 2.24) is 10.2 Å². The Morgan fingerprint density at radius 2 is 1.96 bits per heavy atom. The van der Waals surface area contributed by atoms with Gasteiger partial charge in [-0.25, -0.2) is 4.79 Å². The molecule has 0 saturated heterocycles. The molecule has 2 aromatic carbocycles. The van der Waals surface area contributed by atoms with E-state index in [0.717, 1.165) is 36.9 Å². The number of halogens is 1. The number of urea groups is 1. The third-order valence-corrected chi connectivity index (χ3v) is 5.83. The number of carbonyl (C=O) groups excluding carboxylic acids is 1. The monoisotopic (exact) mass is 425 g/mol. The minimum atomic E-state index is 0.0343.